The maximum absolute atomic E-state index is 5.68. The van der Waals surface area contributed by atoms with Crippen molar-refractivity contribution < 1.29 is 22.8 Å². The molecule has 1 fully saturated rings. The summed E-state index contributed by atoms with van der Waals surface area (Å²) in [7, 11) is 11.8. The summed E-state index contributed by atoms with van der Waals surface area (Å²) in [6.45, 7) is 0.411. The average molecular weight is 337 g/mol. The van der Waals surface area contributed by atoms with E-state index in [9.17, 15) is 0 Å². The Hall–Kier alpha value is 1.62. The van der Waals surface area contributed by atoms with Gasteiger partial charge in [0.1, 0.15) is 24.4 Å². The van der Waals surface area contributed by atoms with E-state index >= 15 is 0 Å². The predicted octanol–water partition coefficient (Wildman–Crippen LogP) is 1.37. The van der Waals surface area contributed by atoms with E-state index in [1.807, 2.05) is 0 Å². The largest absolute Gasteiger partial charge is 0.357 e. The van der Waals surface area contributed by atoms with Crippen LogP contribution in [0, 0.1) is 0 Å². The second-order valence-corrected chi connectivity index (χ2v) is 4.73. The van der Waals surface area contributed by atoms with E-state index in [-0.39, 0.29) is 18.3 Å². The Bertz CT molecular complexity index is 249. The van der Waals surface area contributed by atoms with Crippen LogP contribution >= 0.6 is 46.9 Å². The molecule has 9 unspecified atom stereocenters. The Kier molecular flexibility index (Phi) is 8.56. The van der Waals surface area contributed by atoms with Gasteiger partial charge in [0.2, 0.25) is 0 Å². The van der Waals surface area contributed by atoms with E-state index in [0.29, 0.717) is 6.54 Å². The van der Waals surface area contributed by atoms with Gasteiger partial charge >= 0.3 is 0 Å². The molecule has 0 saturated carbocycles. The zero-order valence-electron chi connectivity index (χ0n) is 8.89. The van der Waals surface area contributed by atoms with E-state index in [0.717, 1.165) is 0 Å². The van der Waals surface area contributed by atoms with Gasteiger partial charge in [0.15, 0.2) is 6.29 Å². The smallest absolute Gasteiger partial charge is 0.190 e. The fourth-order valence-electron chi connectivity index (χ4n) is 1.69. The van der Waals surface area contributed by atoms with E-state index in [1.165, 1.54) is 0 Å². The minimum Gasteiger partial charge on any atom is -0.357 e. The molecule has 0 aromatic carbocycles. The first-order valence-electron chi connectivity index (χ1n) is 4.64. The number of hydrogen-bond acceptors (Lipinski definition) is 6. The van der Waals surface area contributed by atoms with E-state index < -0.39 is 12.4 Å². The first kappa shape index (κ1) is 16.7. The minimum absolute atomic E-state index is 0.294. The van der Waals surface area contributed by atoms with Crippen LogP contribution in [0.5, 0.6) is 0 Å². The lowest BCUT2D eigenvalue weighted by Gasteiger charge is -2.43. The summed E-state index contributed by atoms with van der Waals surface area (Å²) in [4.78, 5) is 0. The number of nitrogens with zero attached hydrogens (tertiary/aromatic N) is 1. The molecule has 1 aliphatic heterocycles. The molecule has 1 heterocycles. The Labute approximate surface area is 112 Å². The molecule has 1 saturated heterocycles. The summed E-state index contributed by atoms with van der Waals surface area (Å²) in [5.41, 5.74) is 0. The summed E-state index contributed by atoms with van der Waals surface area (Å²) < 4.78 is 30.6. The molecule has 0 aromatic rings. The van der Waals surface area contributed by atoms with Gasteiger partial charge in [-0.2, -0.15) is 0 Å². The maximum Gasteiger partial charge on any atom is 0.190 e. The van der Waals surface area contributed by atoms with Crippen LogP contribution in [0.25, 0.3) is 0 Å². The fraction of sp³-hybridized carbons (Fsp3) is 1.00. The van der Waals surface area contributed by atoms with Gasteiger partial charge in [0.25, 0.3) is 0 Å². The average Bonchev–Trinajstić information content (AvgIpc) is 2.37. The summed E-state index contributed by atoms with van der Waals surface area (Å²) in [6, 6.07) is 0. The van der Waals surface area contributed by atoms with Crippen LogP contribution < -0.4 is 0 Å². The molecule has 0 aliphatic carbocycles. The quantitative estimate of drug-likeness (QED) is 0.686. The van der Waals surface area contributed by atoms with Gasteiger partial charge in [-0.15, -0.1) is 0 Å². The number of hydrogen-bond donors (Lipinski definition) is 0. The topological polar surface area (TPSA) is 58.5 Å². The molecule has 0 aromatic heterocycles. The summed E-state index contributed by atoms with van der Waals surface area (Å²) in [6.07, 6.45) is -1.98. The second-order valence-electron chi connectivity index (χ2n) is 3.32. The molecule has 0 spiro atoms. The minimum atomic E-state index is -0.571. The molecule has 0 radical (unpaired) electrons. The van der Waals surface area contributed by atoms with Gasteiger partial charge in [-0.3, -0.25) is 4.74 Å². The fourth-order valence-corrected chi connectivity index (χ4v) is 3.01. The third kappa shape index (κ3) is 4.04. The number of rotatable bonds is 6. The molecular weight excluding hydrogens is 321 g/mol. The first-order chi connectivity index (χ1) is 8.23. The number of ether oxygens (including phenoxy) is 1. The molecule has 0 bridgehead atoms. The Morgan fingerprint density at radius 3 is 1.94 bits per heavy atom. The molecule has 6 nitrogen and oxygen atoms in total. The van der Waals surface area contributed by atoms with Crippen LogP contribution in [0.2, 0.25) is 0 Å². The summed E-state index contributed by atoms with van der Waals surface area (Å²) in [5.74, 6) is 0. The lowest BCUT2D eigenvalue weighted by atomic mass is 9.99. The van der Waals surface area contributed by atoms with Gasteiger partial charge in [0.05, 0.1) is 6.54 Å². The predicted molar refractivity (Wildman–Crippen MR) is 78.8 cm³/mol. The van der Waals surface area contributed by atoms with Crippen molar-refractivity contribution in [3.8, 4) is 0 Å². The molecule has 1 aliphatic rings. The second kappa shape index (κ2) is 8.72. The van der Waals surface area contributed by atoms with Gasteiger partial charge in [0, 0.05) is 37.9 Å². The Morgan fingerprint density at radius 1 is 0.941 bits per heavy atom. The highest BCUT2D eigenvalue weighted by atomic mass is 31.0. The van der Waals surface area contributed by atoms with Crippen LogP contribution in [0.3, 0.4) is 0 Å². The zero-order chi connectivity index (χ0) is 12.8. The van der Waals surface area contributed by atoms with Crippen molar-refractivity contribution >= 4 is 46.9 Å². The van der Waals surface area contributed by atoms with Gasteiger partial charge in [-0.05, 0) is 9.03 Å². The van der Waals surface area contributed by atoms with Crippen molar-refractivity contribution in [2.24, 2.45) is 4.74 Å². The summed E-state index contributed by atoms with van der Waals surface area (Å²) in [5, 5.41) is 0. The monoisotopic (exact) mass is 337 g/mol. The van der Waals surface area contributed by atoms with Crippen LogP contribution in [0.1, 0.15) is 0 Å². The molecule has 0 amide bonds. The van der Waals surface area contributed by atoms with Crippen molar-refractivity contribution in [2.45, 2.75) is 30.7 Å². The van der Waals surface area contributed by atoms with Crippen molar-refractivity contribution in [1.82, 2.24) is 0 Å². The van der Waals surface area contributed by atoms with Crippen molar-refractivity contribution in [1.29, 1.82) is 0 Å². The lowest BCUT2D eigenvalue weighted by Crippen LogP contribution is -2.59. The van der Waals surface area contributed by atoms with Gasteiger partial charge < -0.3 is 22.8 Å². The third-order valence-electron chi connectivity index (χ3n) is 2.47. The highest BCUT2D eigenvalue weighted by Crippen LogP contribution is 2.32. The van der Waals surface area contributed by atoms with Crippen LogP contribution in [0.4, 0.5) is 0 Å². The van der Waals surface area contributed by atoms with Crippen LogP contribution in [-0.4, -0.2) is 37.3 Å². The lowest BCUT2D eigenvalue weighted by molar-refractivity contribution is -0.244. The maximum atomic E-state index is 5.68. The molecule has 1 rings (SSSR count). The third-order valence-corrected chi connectivity index (χ3v) is 3.86. The van der Waals surface area contributed by atoms with Crippen LogP contribution in [-0.2, 0) is 22.8 Å². The van der Waals surface area contributed by atoms with Crippen molar-refractivity contribution in [3.63, 3.8) is 0 Å². The molecule has 0 N–H and O–H groups in total. The molecule has 17 heavy (non-hydrogen) atoms. The Balaban J connectivity index is 2.87. The van der Waals surface area contributed by atoms with Crippen molar-refractivity contribution in [3.05, 3.63) is 0 Å². The van der Waals surface area contributed by atoms with E-state index in [1.54, 1.807) is 0 Å². The zero-order valence-corrected chi connectivity index (χ0v) is 14.5. The molecule has 100 valence electrons. The van der Waals surface area contributed by atoms with Crippen LogP contribution in [0.15, 0.2) is 4.74 Å². The summed E-state index contributed by atoms with van der Waals surface area (Å²) >= 11 is 0. The molecule has 9 atom stereocenters. The van der Waals surface area contributed by atoms with Crippen molar-refractivity contribution in [2.75, 3.05) is 6.54 Å². The Morgan fingerprint density at radius 2 is 1.53 bits per heavy atom. The SMILES string of the molecule is P=NCC1OC(OP)C(OP)C(OP)C1OP. The normalized spacial score (nSPS) is 38.0. The molecule has 11 heteroatoms. The van der Waals surface area contributed by atoms with Gasteiger partial charge in [-0.25, -0.2) is 0 Å². The molecular formula is C6H16NO5P5. The van der Waals surface area contributed by atoms with Gasteiger partial charge in [-0.1, -0.05) is 0 Å². The van der Waals surface area contributed by atoms with E-state index in [2.05, 4.69) is 51.6 Å². The first-order valence-corrected chi connectivity index (χ1v) is 6.97. The highest BCUT2D eigenvalue weighted by molar-refractivity contribution is 7.10. The highest BCUT2D eigenvalue weighted by Gasteiger charge is 2.47. The van der Waals surface area contributed by atoms with E-state index in [4.69, 9.17) is 22.8 Å². The standard InChI is InChI=1S/C6H16NO5P5/c13-7-1-2-3(9-14)4(10-15)5(11-16)6(8-2)12-17/h2-6,13H,1,14-17H2.